The second-order valence-electron chi connectivity index (χ2n) is 4.76. The van der Waals surface area contributed by atoms with Gasteiger partial charge >= 0.3 is 0 Å². The normalized spacial score (nSPS) is 10.9. The lowest BCUT2D eigenvalue weighted by Gasteiger charge is -2.07. The van der Waals surface area contributed by atoms with Crippen molar-refractivity contribution in [1.29, 1.82) is 0 Å². The van der Waals surface area contributed by atoms with Crippen LogP contribution in [0.4, 0.5) is 5.95 Å². The van der Waals surface area contributed by atoms with Gasteiger partial charge in [0, 0.05) is 6.20 Å². The number of benzene rings is 1. The number of nitrogens with zero attached hydrogens (tertiary/aromatic N) is 3. The van der Waals surface area contributed by atoms with Crippen molar-refractivity contribution in [3.63, 3.8) is 0 Å². The fourth-order valence-electron chi connectivity index (χ4n) is 2.20. The highest BCUT2D eigenvalue weighted by molar-refractivity contribution is 5.74. The zero-order chi connectivity index (χ0) is 14.1. The van der Waals surface area contributed by atoms with Crippen molar-refractivity contribution in [2.75, 3.05) is 12.8 Å². The number of hydrogen-bond acceptors (Lipinski definition) is 4. The maximum Gasteiger partial charge on any atom is 0.202 e. The van der Waals surface area contributed by atoms with E-state index < -0.39 is 0 Å². The molecule has 5 heteroatoms. The quantitative estimate of drug-likeness (QED) is 0.792. The summed E-state index contributed by atoms with van der Waals surface area (Å²) in [7, 11) is 1.66. The van der Waals surface area contributed by atoms with Crippen molar-refractivity contribution in [3.8, 4) is 5.75 Å². The third kappa shape index (κ3) is 2.18. The van der Waals surface area contributed by atoms with Crippen LogP contribution >= 0.6 is 0 Å². The molecule has 0 amide bonds. The molecule has 0 aliphatic carbocycles. The highest BCUT2D eigenvalue weighted by atomic mass is 16.5. The Hall–Kier alpha value is -2.56. The summed E-state index contributed by atoms with van der Waals surface area (Å²) in [4.78, 5) is 8.78. The first-order valence-corrected chi connectivity index (χ1v) is 6.38. The number of ether oxygens (including phenoxy) is 1. The number of nitrogens with two attached hydrogens (primary N) is 1. The minimum Gasteiger partial charge on any atom is -0.497 e. The number of aromatic nitrogens is 3. The van der Waals surface area contributed by atoms with Gasteiger partial charge in [-0.1, -0.05) is 12.1 Å². The van der Waals surface area contributed by atoms with E-state index in [9.17, 15) is 0 Å². The van der Waals surface area contributed by atoms with Gasteiger partial charge in [0.1, 0.15) is 11.3 Å². The predicted molar refractivity (Wildman–Crippen MR) is 78.8 cm³/mol. The van der Waals surface area contributed by atoms with Gasteiger partial charge in [-0.25, -0.2) is 9.97 Å². The second kappa shape index (κ2) is 4.85. The molecular weight excluding hydrogens is 252 g/mol. The van der Waals surface area contributed by atoms with Gasteiger partial charge in [-0.3, -0.25) is 4.57 Å². The van der Waals surface area contributed by atoms with Crippen LogP contribution in [-0.4, -0.2) is 21.6 Å². The molecule has 0 spiro atoms. The molecular formula is C15H16N4O. The lowest BCUT2D eigenvalue weighted by atomic mass is 10.2. The van der Waals surface area contributed by atoms with Crippen molar-refractivity contribution in [2.24, 2.45) is 0 Å². The van der Waals surface area contributed by atoms with Gasteiger partial charge < -0.3 is 10.5 Å². The van der Waals surface area contributed by atoms with E-state index in [1.165, 1.54) is 0 Å². The number of pyridine rings is 1. The van der Waals surface area contributed by atoms with Gasteiger partial charge in [0.25, 0.3) is 0 Å². The average molecular weight is 268 g/mol. The molecule has 2 heterocycles. The van der Waals surface area contributed by atoms with Crippen molar-refractivity contribution in [2.45, 2.75) is 13.5 Å². The monoisotopic (exact) mass is 268 g/mol. The van der Waals surface area contributed by atoms with E-state index in [0.29, 0.717) is 12.5 Å². The summed E-state index contributed by atoms with van der Waals surface area (Å²) < 4.78 is 7.07. The Labute approximate surface area is 117 Å². The van der Waals surface area contributed by atoms with E-state index in [1.807, 2.05) is 48.0 Å². The molecule has 3 aromatic rings. The highest BCUT2D eigenvalue weighted by Crippen LogP contribution is 2.19. The van der Waals surface area contributed by atoms with E-state index in [1.54, 1.807) is 7.11 Å². The lowest BCUT2D eigenvalue weighted by molar-refractivity contribution is 0.414. The predicted octanol–water partition coefficient (Wildman–Crippen LogP) is 2.38. The lowest BCUT2D eigenvalue weighted by Crippen LogP contribution is -2.05. The SMILES string of the molecule is COc1ccc(Cn2c(N)nc3cc(C)cnc32)cc1. The van der Waals surface area contributed by atoms with E-state index in [0.717, 1.165) is 28.0 Å². The van der Waals surface area contributed by atoms with Gasteiger partial charge in [-0.15, -0.1) is 0 Å². The van der Waals surface area contributed by atoms with Gasteiger partial charge in [0.05, 0.1) is 13.7 Å². The maximum absolute atomic E-state index is 5.99. The van der Waals surface area contributed by atoms with Gasteiger partial charge in [-0.2, -0.15) is 0 Å². The first-order valence-electron chi connectivity index (χ1n) is 6.38. The van der Waals surface area contributed by atoms with Crippen molar-refractivity contribution in [1.82, 2.24) is 14.5 Å². The molecule has 3 rings (SSSR count). The van der Waals surface area contributed by atoms with Crippen LogP contribution in [0.3, 0.4) is 0 Å². The Morgan fingerprint density at radius 3 is 2.70 bits per heavy atom. The number of methoxy groups -OCH3 is 1. The standard InChI is InChI=1S/C15H16N4O/c1-10-7-13-14(17-8-10)19(15(16)18-13)9-11-3-5-12(20-2)6-4-11/h3-8H,9H2,1-2H3,(H2,16,18). The summed E-state index contributed by atoms with van der Waals surface area (Å²) in [6.45, 7) is 2.63. The summed E-state index contributed by atoms with van der Waals surface area (Å²) in [5.41, 5.74) is 9.83. The van der Waals surface area contributed by atoms with Crippen LogP contribution in [0.25, 0.3) is 11.2 Å². The number of nitrogen functional groups attached to an aromatic ring is 1. The third-order valence-corrected chi connectivity index (χ3v) is 3.25. The summed E-state index contributed by atoms with van der Waals surface area (Å²) in [5.74, 6) is 1.32. The fraction of sp³-hybridized carbons (Fsp3) is 0.200. The summed E-state index contributed by atoms with van der Waals surface area (Å²) in [6.07, 6.45) is 1.83. The van der Waals surface area contributed by atoms with Crippen LogP contribution in [0, 0.1) is 6.92 Å². The minimum atomic E-state index is 0.480. The van der Waals surface area contributed by atoms with Gasteiger partial charge in [0.2, 0.25) is 5.95 Å². The summed E-state index contributed by atoms with van der Waals surface area (Å²) in [5, 5.41) is 0. The van der Waals surface area contributed by atoms with Crippen LogP contribution in [0.15, 0.2) is 36.5 Å². The molecule has 0 saturated carbocycles. The van der Waals surface area contributed by atoms with Crippen LogP contribution in [0.5, 0.6) is 5.75 Å². The molecule has 0 bridgehead atoms. The molecule has 0 atom stereocenters. The number of anilines is 1. The second-order valence-corrected chi connectivity index (χ2v) is 4.76. The minimum absolute atomic E-state index is 0.480. The van der Waals surface area contributed by atoms with Crippen LogP contribution in [-0.2, 0) is 6.54 Å². The molecule has 20 heavy (non-hydrogen) atoms. The van der Waals surface area contributed by atoms with Crippen molar-refractivity contribution in [3.05, 3.63) is 47.7 Å². The molecule has 0 aliphatic rings. The number of rotatable bonds is 3. The summed E-state index contributed by atoms with van der Waals surface area (Å²) >= 11 is 0. The molecule has 2 N–H and O–H groups in total. The number of aryl methyl sites for hydroxylation is 1. The topological polar surface area (TPSA) is 66.0 Å². The zero-order valence-electron chi connectivity index (χ0n) is 11.5. The Kier molecular flexibility index (Phi) is 3.02. The molecule has 1 aromatic carbocycles. The first-order chi connectivity index (χ1) is 9.67. The number of hydrogen-bond donors (Lipinski definition) is 1. The molecule has 0 fully saturated rings. The molecule has 5 nitrogen and oxygen atoms in total. The molecule has 0 saturated heterocycles. The van der Waals surface area contributed by atoms with Gasteiger partial charge in [0.15, 0.2) is 5.65 Å². The van der Waals surface area contributed by atoms with E-state index in [4.69, 9.17) is 10.5 Å². The fourth-order valence-corrected chi connectivity index (χ4v) is 2.20. The molecule has 0 radical (unpaired) electrons. The zero-order valence-corrected chi connectivity index (χ0v) is 11.5. The molecule has 102 valence electrons. The summed E-state index contributed by atoms with van der Waals surface area (Å²) in [6, 6.07) is 9.88. The largest absolute Gasteiger partial charge is 0.497 e. The van der Waals surface area contributed by atoms with Crippen LogP contribution in [0.2, 0.25) is 0 Å². The Morgan fingerprint density at radius 2 is 2.00 bits per heavy atom. The molecule has 0 unspecified atom stereocenters. The smallest absolute Gasteiger partial charge is 0.202 e. The van der Waals surface area contributed by atoms with E-state index in [2.05, 4.69) is 9.97 Å². The first kappa shape index (κ1) is 12.5. The van der Waals surface area contributed by atoms with Crippen LogP contribution < -0.4 is 10.5 Å². The van der Waals surface area contributed by atoms with E-state index >= 15 is 0 Å². The van der Waals surface area contributed by atoms with Crippen molar-refractivity contribution >= 4 is 17.1 Å². The Bertz CT molecular complexity index is 746. The maximum atomic E-state index is 5.99. The van der Waals surface area contributed by atoms with Gasteiger partial charge in [-0.05, 0) is 36.2 Å². The Morgan fingerprint density at radius 1 is 1.25 bits per heavy atom. The van der Waals surface area contributed by atoms with Crippen molar-refractivity contribution < 1.29 is 4.74 Å². The number of imidazole rings is 1. The number of fused-ring (bicyclic) bond motifs is 1. The molecule has 2 aromatic heterocycles. The van der Waals surface area contributed by atoms with Crippen LogP contribution in [0.1, 0.15) is 11.1 Å². The third-order valence-electron chi connectivity index (χ3n) is 3.25. The highest BCUT2D eigenvalue weighted by Gasteiger charge is 2.10. The average Bonchev–Trinajstić information content (AvgIpc) is 2.75. The molecule has 0 aliphatic heterocycles. The Balaban J connectivity index is 1.99. The van der Waals surface area contributed by atoms with E-state index in [-0.39, 0.29) is 0 Å².